The molecule has 2 aliphatic rings. The normalized spacial score (nSPS) is 21.3. The standard InChI is InChI=1S/C26H27N3O8/c1-13(2)10-14-6-8-15(9-7-14)22-27-21(28-37-22)20-11-16-18(4-3-5-19(16)35-20)29-12-17(24(30)31)23(29)36-26(34)25(32)33/h6-9,11,13,17-18,23H,3-5,10,12H2,1-2H3,(H,30,31)(H,32,33). The van der Waals surface area contributed by atoms with Gasteiger partial charge in [-0.15, -0.1) is 0 Å². The van der Waals surface area contributed by atoms with Crippen LogP contribution in [-0.2, 0) is 32.0 Å². The number of carboxylic acid groups (broad SMARTS) is 2. The molecule has 5 rings (SSSR count). The number of likely N-dealkylation sites (tertiary alicyclic amines) is 1. The highest BCUT2D eigenvalue weighted by atomic mass is 16.6. The summed E-state index contributed by atoms with van der Waals surface area (Å²) in [7, 11) is 0. The monoisotopic (exact) mass is 509 g/mol. The van der Waals surface area contributed by atoms with Crippen molar-refractivity contribution < 1.29 is 38.3 Å². The number of aliphatic carboxylic acids is 2. The predicted molar refractivity (Wildman–Crippen MR) is 127 cm³/mol. The van der Waals surface area contributed by atoms with E-state index < -0.39 is 30.1 Å². The number of esters is 1. The molecule has 1 aliphatic carbocycles. The SMILES string of the molecule is CC(C)Cc1ccc(-c2nc(-c3cc4c(o3)CCCC4N3CC(C(=O)O)C3OC(=O)C(=O)O)no2)cc1. The number of carbonyl (C=O) groups excluding carboxylic acids is 1. The average molecular weight is 510 g/mol. The van der Waals surface area contributed by atoms with Gasteiger partial charge in [-0.2, -0.15) is 4.98 Å². The molecule has 3 atom stereocenters. The van der Waals surface area contributed by atoms with E-state index in [1.807, 2.05) is 24.3 Å². The Labute approximate surface area is 212 Å². The lowest BCUT2D eigenvalue weighted by Crippen LogP contribution is -2.62. The highest BCUT2D eigenvalue weighted by Crippen LogP contribution is 2.44. The van der Waals surface area contributed by atoms with Gasteiger partial charge < -0.3 is 23.9 Å². The topological polar surface area (TPSA) is 156 Å². The molecule has 37 heavy (non-hydrogen) atoms. The van der Waals surface area contributed by atoms with Gasteiger partial charge in [-0.25, -0.2) is 9.59 Å². The summed E-state index contributed by atoms with van der Waals surface area (Å²) in [4.78, 5) is 40.4. The van der Waals surface area contributed by atoms with E-state index in [1.54, 1.807) is 11.0 Å². The lowest BCUT2D eigenvalue weighted by Gasteiger charge is -2.49. The summed E-state index contributed by atoms with van der Waals surface area (Å²) in [5.41, 5.74) is 2.83. The molecule has 0 amide bonds. The number of carboxylic acids is 2. The van der Waals surface area contributed by atoms with Gasteiger partial charge in [-0.1, -0.05) is 31.1 Å². The summed E-state index contributed by atoms with van der Waals surface area (Å²) in [6.07, 6.45) is 1.91. The third kappa shape index (κ3) is 4.86. The summed E-state index contributed by atoms with van der Waals surface area (Å²) in [5.74, 6) is -3.09. The zero-order valence-electron chi connectivity index (χ0n) is 20.4. The summed E-state index contributed by atoms with van der Waals surface area (Å²) < 4.78 is 16.5. The van der Waals surface area contributed by atoms with Gasteiger partial charge in [0.15, 0.2) is 12.0 Å². The van der Waals surface area contributed by atoms with Crippen LogP contribution in [0.2, 0.25) is 0 Å². The fraction of sp³-hybridized carbons (Fsp3) is 0.423. The number of nitrogens with zero attached hydrogens (tertiary/aromatic N) is 3. The molecule has 0 saturated carbocycles. The Kier molecular flexibility index (Phi) is 6.55. The number of hydrogen-bond acceptors (Lipinski definition) is 9. The van der Waals surface area contributed by atoms with Crippen molar-refractivity contribution in [3.05, 3.63) is 47.2 Å². The molecular weight excluding hydrogens is 482 g/mol. The van der Waals surface area contributed by atoms with Crippen LogP contribution in [0, 0.1) is 11.8 Å². The molecule has 1 aromatic carbocycles. The van der Waals surface area contributed by atoms with Crippen molar-refractivity contribution in [2.75, 3.05) is 6.54 Å². The van der Waals surface area contributed by atoms with Crippen LogP contribution in [0.1, 0.15) is 49.6 Å². The van der Waals surface area contributed by atoms with Crippen molar-refractivity contribution in [2.45, 2.75) is 51.8 Å². The van der Waals surface area contributed by atoms with Crippen molar-refractivity contribution in [1.82, 2.24) is 15.0 Å². The van der Waals surface area contributed by atoms with Crippen molar-refractivity contribution >= 4 is 17.9 Å². The number of hydrogen-bond donors (Lipinski definition) is 2. The molecule has 3 unspecified atom stereocenters. The number of ether oxygens (including phenoxy) is 1. The van der Waals surface area contributed by atoms with E-state index in [0.717, 1.165) is 24.0 Å². The molecule has 11 heteroatoms. The van der Waals surface area contributed by atoms with Crippen molar-refractivity contribution in [1.29, 1.82) is 0 Å². The predicted octanol–water partition coefficient (Wildman–Crippen LogP) is 3.54. The Hall–Kier alpha value is -3.99. The largest absolute Gasteiger partial charge is 0.481 e. The van der Waals surface area contributed by atoms with Gasteiger partial charge in [0.05, 0.1) is 0 Å². The van der Waals surface area contributed by atoms with E-state index in [-0.39, 0.29) is 18.4 Å². The minimum absolute atomic E-state index is 0.122. The number of furan rings is 1. The minimum atomic E-state index is -1.77. The fourth-order valence-corrected chi connectivity index (χ4v) is 5.01. The molecule has 0 radical (unpaired) electrons. The van der Waals surface area contributed by atoms with Gasteiger partial charge in [-0.05, 0) is 48.9 Å². The average Bonchev–Trinajstić information content (AvgIpc) is 3.49. The number of fused-ring (bicyclic) bond motifs is 1. The fourth-order valence-electron chi connectivity index (χ4n) is 5.01. The second-order valence-corrected chi connectivity index (χ2v) is 9.86. The first-order valence-corrected chi connectivity index (χ1v) is 12.2. The lowest BCUT2D eigenvalue weighted by molar-refractivity contribution is -0.210. The van der Waals surface area contributed by atoms with Gasteiger partial charge in [0.1, 0.15) is 11.7 Å². The van der Waals surface area contributed by atoms with E-state index in [4.69, 9.17) is 18.8 Å². The van der Waals surface area contributed by atoms with Crippen LogP contribution in [0.4, 0.5) is 0 Å². The summed E-state index contributed by atoms with van der Waals surface area (Å²) in [6.45, 7) is 4.46. The first-order valence-electron chi connectivity index (χ1n) is 12.2. The summed E-state index contributed by atoms with van der Waals surface area (Å²) >= 11 is 0. The van der Waals surface area contributed by atoms with Gasteiger partial charge in [0.2, 0.25) is 5.82 Å². The highest BCUT2D eigenvalue weighted by molar-refractivity contribution is 6.28. The molecule has 194 valence electrons. The van der Waals surface area contributed by atoms with Gasteiger partial charge in [-0.3, -0.25) is 9.69 Å². The van der Waals surface area contributed by atoms with Crippen LogP contribution < -0.4 is 0 Å². The first kappa shape index (κ1) is 24.7. The number of benzene rings is 1. The van der Waals surface area contributed by atoms with E-state index in [1.165, 1.54) is 5.56 Å². The molecule has 0 spiro atoms. The van der Waals surface area contributed by atoms with Crippen molar-refractivity contribution in [3.63, 3.8) is 0 Å². The third-order valence-corrected chi connectivity index (χ3v) is 6.77. The van der Waals surface area contributed by atoms with Crippen LogP contribution >= 0.6 is 0 Å². The smallest absolute Gasteiger partial charge is 0.418 e. The Morgan fingerprint density at radius 1 is 1.19 bits per heavy atom. The van der Waals surface area contributed by atoms with E-state index in [9.17, 15) is 19.5 Å². The Bertz CT molecular complexity index is 1330. The van der Waals surface area contributed by atoms with Crippen LogP contribution in [0.15, 0.2) is 39.3 Å². The first-order chi connectivity index (χ1) is 17.7. The molecule has 0 bridgehead atoms. The minimum Gasteiger partial charge on any atom is -0.481 e. The molecule has 2 N–H and O–H groups in total. The molecule has 3 heterocycles. The molecule has 1 saturated heterocycles. The Balaban J connectivity index is 1.36. The third-order valence-electron chi connectivity index (χ3n) is 6.77. The maximum atomic E-state index is 11.7. The van der Waals surface area contributed by atoms with E-state index in [2.05, 4.69) is 24.0 Å². The van der Waals surface area contributed by atoms with Crippen LogP contribution in [-0.4, -0.2) is 55.9 Å². The van der Waals surface area contributed by atoms with E-state index >= 15 is 0 Å². The lowest BCUT2D eigenvalue weighted by atomic mass is 9.86. The van der Waals surface area contributed by atoms with Gasteiger partial charge >= 0.3 is 17.9 Å². The number of rotatable bonds is 7. The number of carbonyl (C=O) groups is 3. The van der Waals surface area contributed by atoms with Crippen LogP contribution in [0.25, 0.3) is 23.0 Å². The van der Waals surface area contributed by atoms with Crippen LogP contribution in [0.3, 0.4) is 0 Å². The second-order valence-electron chi connectivity index (χ2n) is 9.86. The maximum absolute atomic E-state index is 11.7. The zero-order chi connectivity index (χ0) is 26.3. The van der Waals surface area contributed by atoms with Gasteiger partial charge in [0, 0.05) is 30.1 Å². The maximum Gasteiger partial charge on any atom is 0.418 e. The molecule has 3 aromatic rings. The quantitative estimate of drug-likeness (QED) is 0.355. The molecule has 1 aliphatic heterocycles. The van der Waals surface area contributed by atoms with E-state index in [0.29, 0.717) is 36.2 Å². The summed E-state index contributed by atoms with van der Waals surface area (Å²) in [5, 5.41) is 22.5. The van der Waals surface area contributed by atoms with Crippen molar-refractivity contribution in [3.8, 4) is 23.0 Å². The Morgan fingerprint density at radius 2 is 1.95 bits per heavy atom. The number of aromatic nitrogens is 2. The molecular formula is C26H27N3O8. The second kappa shape index (κ2) is 9.81. The summed E-state index contributed by atoms with van der Waals surface area (Å²) in [6, 6.07) is 9.46. The molecule has 1 fully saturated rings. The van der Waals surface area contributed by atoms with Gasteiger partial charge in [0.25, 0.3) is 5.89 Å². The highest BCUT2D eigenvalue weighted by Gasteiger charge is 2.51. The Morgan fingerprint density at radius 3 is 2.62 bits per heavy atom. The molecule has 2 aromatic heterocycles. The van der Waals surface area contributed by atoms with Crippen molar-refractivity contribution in [2.24, 2.45) is 11.8 Å². The zero-order valence-corrected chi connectivity index (χ0v) is 20.4. The molecule has 11 nitrogen and oxygen atoms in total. The number of aryl methyl sites for hydroxylation is 1. The van der Waals surface area contributed by atoms with Crippen LogP contribution in [0.5, 0.6) is 0 Å².